The molecule has 0 aliphatic rings. The van der Waals surface area contributed by atoms with Crippen molar-refractivity contribution in [1.82, 2.24) is 0 Å². The number of hydrogen-bond donors (Lipinski definition) is 1. The number of carbonyl (C=O) groups excluding carboxylic acids is 1. The third-order valence-electron chi connectivity index (χ3n) is 5.69. The first-order chi connectivity index (χ1) is 12.6. The molecule has 1 unspecified atom stereocenters. The average molecular weight is 364 g/mol. The van der Waals surface area contributed by atoms with Crippen molar-refractivity contribution >= 4 is 22.7 Å². The monoisotopic (exact) mass is 364 g/mol. The van der Waals surface area contributed by atoms with Gasteiger partial charge in [0.25, 0.3) is 0 Å². The van der Waals surface area contributed by atoms with E-state index in [1.807, 2.05) is 39.8 Å². The summed E-state index contributed by atoms with van der Waals surface area (Å²) in [6, 6.07) is 5.60. The van der Waals surface area contributed by atoms with Crippen LogP contribution >= 0.6 is 0 Å². The third kappa shape index (κ3) is 2.95. The van der Waals surface area contributed by atoms with Crippen molar-refractivity contribution in [3.05, 3.63) is 69.0 Å². The van der Waals surface area contributed by atoms with Crippen molar-refractivity contribution in [2.45, 2.75) is 47.5 Å². The first-order valence-corrected chi connectivity index (χ1v) is 9.00. The lowest BCUT2D eigenvalue weighted by Crippen LogP contribution is -2.14. The predicted octanol–water partition coefficient (Wildman–Crippen LogP) is 5.39. The van der Waals surface area contributed by atoms with Gasteiger partial charge in [-0.25, -0.2) is 0 Å². The van der Waals surface area contributed by atoms with Crippen LogP contribution in [0.25, 0.3) is 11.0 Å². The van der Waals surface area contributed by atoms with E-state index in [2.05, 4.69) is 0 Å². The molecule has 27 heavy (non-hydrogen) atoms. The summed E-state index contributed by atoms with van der Waals surface area (Å²) in [5.41, 5.74) is 7.03. The lowest BCUT2D eigenvalue weighted by molar-refractivity contribution is -0.138. The van der Waals surface area contributed by atoms with Crippen LogP contribution in [-0.2, 0) is 4.79 Å². The second-order valence-electron chi connectivity index (χ2n) is 7.33. The summed E-state index contributed by atoms with van der Waals surface area (Å²) in [6.45, 7) is 11.4. The lowest BCUT2D eigenvalue weighted by Gasteiger charge is -2.18. The van der Waals surface area contributed by atoms with Crippen LogP contribution in [0.4, 0.5) is 0 Å². The summed E-state index contributed by atoms with van der Waals surface area (Å²) in [5, 5.41) is 10.2. The van der Waals surface area contributed by atoms with Crippen LogP contribution in [0, 0.1) is 34.6 Å². The fourth-order valence-electron chi connectivity index (χ4n) is 3.84. The molecule has 0 fully saturated rings. The number of rotatable bonds is 4. The second-order valence-corrected chi connectivity index (χ2v) is 7.33. The maximum Gasteiger partial charge on any atom is 0.310 e. The van der Waals surface area contributed by atoms with Crippen molar-refractivity contribution < 1.29 is 19.1 Å². The number of aryl methyl sites for hydroxylation is 2. The highest BCUT2D eigenvalue weighted by atomic mass is 16.4. The van der Waals surface area contributed by atoms with Crippen molar-refractivity contribution in [3.8, 4) is 0 Å². The Morgan fingerprint density at radius 1 is 0.926 bits per heavy atom. The molecule has 4 heteroatoms. The van der Waals surface area contributed by atoms with E-state index < -0.39 is 11.9 Å². The zero-order chi connectivity index (χ0) is 20.0. The van der Waals surface area contributed by atoms with Crippen molar-refractivity contribution in [2.24, 2.45) is 0 Å². The van der Waals surface area contributed by atoms with Crippen molar-refractivity contribution in [3.63, 3.8) is 0 Å². The third-order valence-corrected chi connectivity index (χ3v) is 5.69. The Kier molecular flexibility index (Phi) is 4.68. The van der Waals surface area contributed by atoms with E-state index in [1.165, 1.54) is 6.26 Å². The van der Waals surface area contributed by atoms with E-state index in [-0.39, 0.29) is 5.78 Å². The van der Waals surface area contributed by atoms with Gasteiger partial charge < -0.3 is 9.52 Å². The van der Waals surface area contributed by atoms with E-state index >= 15 is 0 Å². The van der Waals surface area contributed by atoms with Crippen LogP contribution < -0.4 is 0 Å². The molecule has 0 aliphatic heterocycles. The summed E-state index contributed by atoms with van der Waals surface area (Å²) >= 11 is 0. The number of carboxylic acid groups (broad SMARTS) is 1. The first kappa shape index (κ1) is 18.9. The molecule has 1 aromatic heterocycles. The number of fused-ring (bicyclic) bond motifs is 1. The van der Waals surface area contributed by atoms with Gasteiger partial charge in [-0.1, -0.05) is 6.07 Å². The summed E-state index contributed by atoms with van der Waals surface area (Å²) in [5.74, 6) is -1.75. The highest BCUT2D eigenvalue weighted by Gasteiger charge is 2.27. The molecule has 1 atom stereocenters. The summed E-state index contributed by atoms with van der Waals surface area (Å²) in [7, 11) is 0. The Labute approximate surface area is 158 Å². The molecule has 0 radical (unpaired) electrons. The molecule has 0 bridgehead atoms. The van der Waals surface area contributed by atoms with E-state index in [1.54, 1.807) is 19.9 Å². The Balaban J connectivity index is 2.33. The van der Waals surface area contributed by atoms with Gasteiger partial charge in [-0.2, -0.15) is 0 Å². The molecule has 3 rings (SSSR count). The van der Waals surface area contributed by atoms with E-state index in [9.17, 15) is 14.7 Å². The standard InChI is InChI=1S/C23H24O4/c1-11-9-12(2)19(14(4)13(11)3)21(24)20-15(5)18(16(6)23(25)26)10-17-7-8-27-22(17)20/h7-10,16H,1-6H3,(H,25,26). The number of ketones is 1. The number of aliphatic carboxylic acids is 1. The van der Waals surface area contributed by atoms with Crippen LogP contribution in [-0.4, -0.2) is 16.9 Å². The Bertz CT molecular complexity index is 1090. The molecule has 0 saturated heterocycles. The highest BCUT2D eigenvalue weighted by molar-refractivity contribution is 6.18. The van der Waals surface area contributed by atoms with E-state index in [4.69, 9.17) is 4.42 Å². The largest absolute Gasteiger partial charge is 0.481 e. The number of benzene rings is 2. The van der Waals surface area contributed by atoms with Gasteiger partial charge >= 0.3 is 5.97 Å². The molecule has 1 heterocycles. The van der Waals surface area contributed by atoms with Crippen LogP contribution in [0.3, 0.4) is 0 Å². The predicted molar refractivity (Wildman–Crippen MR) is 106 cm³/mol. The molecule has 1 N–H and O–H groups in total. The zero-order valence-electron chi connectivity index (χ0n) is 16.6. The molecule has 4 nitrogen and oxygen atoms in total. The number of hydrogen-bond acceptors (Lipinski definition) is 3. The minimum absolute atomic E-state index is 0.120. The van der Waals surface area contributed by atoms with Gasteiger partial charge in [-0.3, -0.25) is 9.59 Å². The number of carbonyl (C=O) groups is 2. The highest BCUT2D eigenvalue weighted by Crippen LogP contribution is 2.34. The second kappa shape index (κ2) is 6.69. The summed E-state index contributed by atoms with van der Waals surface area (Å²) < 4.78 is 5.63. The molecular formula is C23H24O4. The molecule has 0 amide bonds. The van der Waals surface area contributed by atoms with Crippen molar-refractivity contribution in [1.29, 1.82) is 0 Å². The normalized spacial score (nSPS) is 12.4. The molecule has 2 aromatic carbocycles. The van der Waals surface area contributed by atoms with Gasteiger partial charge in [-0.05, 0) is 87.1 Å². The van der Waals surface area contributed by atoms with Gasteiger partial charge in [-0.15, -0.1) is 0 Å². The zero-order valence-corrected chi connectivity index (χ0v) is 16.6. The Morgan fingerprint density at radius 3 is 2.22 bits per heavy atom. The molecule has 0 aliphatic carbocycles. The minimum atomic E-state index is -0.919. The lowest BCUT2D eigenvalue weighted by atomic mass is 9.85. The van der Waals surface area contributed by atoms with Crippen LogP contribution in [0.1, 0.15) is 62.1 Å². The molecular weight excluding hydrogens is 340 g/mol. The molecule has 0 spiro atoms. The van der Waals surface area contributed by atoms with E-state index in [0.717, 1.165) is 27.6 Å². The van der Waals surface area contributed by atoms with Gasteiger partial charge in [0.2, 0.25) is 0 Å². The fraction of sp³-hybridized carbons (Fsp3) is 0.304. The van der Waals surface area contributed by atoms with Crippen LogP contribution in [0.2, 0.25) is 0 Å². The van der Waals surface area contributed by atoms with Gasteiger partial charge in [0.15, 0.2) is 5.78 Å². The topological polar surface area (TPSA) is 67.5 Å². The van der Waals surface area contributed by atoms with E-state index in [0.29, 0.717) is 27.8 Å². The SMILES string of the molecule is Cc1cc(C)c(C(=O)c2c(C)c(C(C)C(=O)O)cc3ccoc23)c(C)c1C. The maximum absolute atomic E-state index is 13.6. The fourth-order valence-corrected chi connectivity index (χ4v) is 3.84. The maximum atomic E-state index is 13.6. The van der Waals surface area contributed by atoms with Gasteiger partial charge in [0, 0.05) is 10.9 Å². The van der Waals surface area contributed by atoms with Crippen molar-refractivity contribution in [2.75, 3.05) is 0 Å². The average Bonchev–Trinajstić information content (AvgIpc) is 3.06. The Hall–Kier alpha value is -2.88. The minimum Gasteiger partial charge on any atom is -0.481 e. The summed E-state index contributed by atoms with van der Waals surface area (Å²) in [6.07, 6.45) is 1.54. The van der Waals surface area contributed by atoms with Crippen LogP contribution in [0.5, 0.6) is 0 Å². The summed E-state index contributed by atoms with van der Waals surface area (Å²) in [4.78, 5) is 25.2. The number of carboxylic acids is 1. The molecule has 3 aromatic rings. The molecule has 140 valence electrons. The quantitative estimate of drug-likeness (QED) is 0.630. The van der Waals surface area contributed by atoms with Gasteiger partial charge in [0.1, 0.15) is 5.58 Å². The number of furan rings is 1. The smallest absolute Gasteiger partial charge is 0.310 e. The first-order valence-electron chi connectivity index (χ1n) is 9.00. The van der Waals surface area contributed by atoms with Crippen LogP contribution in [0.15, 0.2) is 28.9 Å². The molecule has 0 saturated carbocycles. The van der Waals surface area contributed by atoms with Gasteiger partial charge in [0.05, 0.1) is 17.7 Å². The Morgan fingerprint density at radius 2 is 1.59 bits per heavy atom.